The number of hydrogen-bond acceptors (Lipinski definition) is 4. The molecule has 3 aromatic rings. The van der Waals surface area contributed by atoms with E-state index in [-0.39, 0.29) is 11.6 Å². The van der Waals surface area contributed by atoms with Crippen LogP contribution in [-0.4, -0.2) is 56.7 Å². The van der Waals surface area contributed by atoms with E-state index in [0.29, 0.717) is 43.6 Å². The Kier molecular flexibility index (Phi) is 5.81. The van der Waals surface area contributed by atoms with Crippen molar-refractivity contribution in [1.29, 1.82) is 0 Å². The van der Waals surface area contributed by atoms with Gasteiger partial charge in [0, 0.05) is 26.2 Å². The third-order valence-corrected chi connectivity index (χ3v) is 5.78. The van der Waals surface area contributed by atoms with E-state index in [1.54, 1.807) is 4.57 Å². The molecule has 0 spiro atoms. The van der Waals surface area contributed by atoms with E-state index >= 15 is 0 Å². The molecule has 1 aliphatic heterocycles. The van der Waals surface area contributed by atoms with Gasteiger partial charge in [-0.1, -0.05) is 49.4 Å². The van der Waals surface area contributed by atoms with Crippen molar-refractivity contribution in [3.05, 3.63) is 76.3 Å². The number of rotatable bonds is 5. The van der Waals surface area contributed by atoms with E-state index in [1.807, 2.05) is 54.6 Å². The molecule has 0 aliphatic carbocycles. The molecule has 7 nitrogen and oxygen atoms in total. The summed E-state index contributed by atoms with van der Waals surface area (Å²) in [4.78, 5) is 33.3. The van der Waals surface area contributed by atoms with Crippen molar-refractivity contribution >= 4 is 17.0 Å². The molecule has 1 atom stereocenters. The zero-order valence-electron chi connectivity index (χ0n) is 17.1. The van der Waals surface area contributed by atoms with Crippen molar-refractivity contribution < 1.29 is 9.90 Å². The van der Waals surface area contributed by atoms with Crippen LogP contribution in [0.5, 0.6) is 0 Å². The second-order valence-corrected chi connectivity index (χ2v) is 7.59. The lowest BCUT2D eigenvalue weighted by molar-refractivity contribution is 0.0799. The van der Waals surface area contributed by atoms with Crippen LogP contribution in [0.2, 0.25) is 0 Å². The molecule has 30 heavy (non-hydrogen) atoms. The molecule has 0 bridgehead atoms. The van der Waals surface area contributed by atoms with Crippen molar-refractivity contribution in [3.8, 4) is 0 Å². The Bertz CT molecular complexity index is 1090. The number of para-hydroxylation sites is 1. The van der Waals surface area contributed by atoms with Crippen molar-refractivity contribution in [1.82, 2.24) is 19.4 Å². The van der Waals surface area contributed by atoms with E-state index in [9.17, 15) is 14.7 Å². The summed E-state index contributed by atoms with van der Waals surface area (Å²) < 4.78 is 1.79. The topological polar surface area (TPSA) is 78.7 Å². The maximum Gasteiger partial charge on any atom is 0.407 e. The molecule has 1 fully saturated rings. The van der Waals surface area contributed by atoms with Gasteiger partial charge in [-0.25, -0.2) is 9.78 Å². The fraction of sp³-hybridized carbons (Fsp3) is 0.348. The van der Waals surface area contributed by atoms with Crippen LogP contribution in [0.15, 0.2) is 59.4 Å². The lowest BCUT2D eigenvalue weighted by atomic mass is 10.1. The molecule has 1 N–H and O–H groups in total. The minimum Gasteiger partial charge on any atom is -0.465 e. The van der Waals surface area contributed by atoms with Crippen molar-refractivity contribution in [3.63, 3.8) is 0 Å². The van der Waals surface area contributed by atoms with Crippen molar-refractivity contribution in [2.75, 3.05) is 26.2 Å². The monoisotopic (exact) mass is 406 g/mol. The smallest absolute Gasteiger partial charge is 0.407 e. The van der Waals surface area contributed by atoms with Crippen LogP contribution in [0, 0.1) is 0 Å². The quantitative estimate of drug-likeness (QED) is 0.704. The Hall–Kier alpha value is -3.19. The highest BCUT2D eigenvalue weighted by molar-refractivity contribution is 5.77. The molecule has 1 saturated heterocycles. The van der Waals surface area contributed by atoms with Gasteiger partial charge in [0.15, 0.2) is 0 Å². The first-order valence-corrected chi connectivity index (χ1v) is 10.3. The van der Waals surface area contributed by atoms with Crippen LogP contribution in [0.25, 0.3) is 10.9 Å². The SMILES string of the molecule is CCC(c1nc2ccccc2c(=O)n1Cc1ccccc1)N1CCN(C(=O)O)CC1. The van der Waals surface area contributed by atoms with E-state index in [4.69, 9.17) is 4.98 Å². The number of carbonyl (C=O) groups is 1. The van der Waals surface area contributed by atoms with Gasteiger partial charge in [-0.05, 0) is 24.1 Å². The summed E-state index contributed by atoms with van der Waals surface area (Å²) in [6.07, 6.45) is -0.0976. The Morgan fingerprint density at radius 1 is 1.03 bits per heavy atom. The molecular weight excluding hydrogens is 380 g/mol. The highest BCUT2D eigenvalue weighted by atomic mass is 16.4. The summed E-state index contributed by atoms with van der Waals surface area (Å²) >= 11 is 0. The summed E-state index contributed by atoms with van der Waals surface area (Å²) in [6, 6.07) is 17.3. The minimum atomic E-state index is -0.882. The average Bonchev–Trinajstić information content (AvgIpc) is 2.78. The maximum atomic E-state index is 13.4. The van der Waals surface area contributed by atoms with Gasteiger partial charge >= 0.3 is 6.09 Å². The lowest BCUT2D eigenvalue weighted by Crippen LogP contribution is -2.50. The molecule has 2 heterocycles. The second-order valence-electron chi connectivity index (χ2n) is 7.59. The third kappa shape index (κ3) is 3.93. The van der Waals surface area contributed by atoms with Gasteiger partial charge < -0.3 is 10.0 Å². The molecule has 156 valence electrons. The van der Waals surface area contributed by atoms with Crippen molar-refractivity contribution in [2.24, 2.45) is 0 Å². The summed E-state index contributed by atoms with van der Waals surface area (Å²) in [5, 5.41) is 9.86. The number of hydrogen-bond donors (Lipinski definition) is 1. The van der Waals surface area contributed by atoms with Crippen LogP contribution in [0.1, 0.15) is 30.8 Å². The average molecular weight is 406 g/mol. The second kappa shape index (κ2) is 8.67. The molecule has 1 aromatic heterocycles. The molecular formula is C23H26N4O3. The van der Waals surface area contributed by atoms with Gasteiger partial charge in [0.2, 0.25) is 0 Å². The number of aromatic nitrogens is 2. The van der Waals surface area contributed by atoms with E-state index < -0.39 is 6.09 Å². The van der Waals surface area contributed by atoms with Crippen LogP contribution >= 0.6 is 0 Å². The number of benzene rings is 2. The van der Waals surface area contributed by atoms with E-state index in [1.165, 1.54) is 4.90 Å². The Labute approximate surface area is 175 Å². The first-order chi connectivity index (χ1) is 14.6. The standard InChI is InChI=1S/C23H26N4O3/c1-2-20(25-12-14-26(15-13-25)23(29)30)21-24-19-11-7-6-10-18(19)22(28)27(21)16-17-8-4-3-5-9-17/h3-11,20H,2,12-16H2,1H3,(H,29,30). The molecule has 0 radical (unpaired) electrons. The zero-order chi connectivity index (χ0) is 21.1. The lowest BCUT2D eigenvalue weighted by Gasteiger charge is -2.38. The number of nitrogens with zero attached hydrogens (tertiary/aromatic N) is 4. The fourth-order valence-electron chi connectivity index (χ4n) is 4.19. The molecule has 7 heteroatoms. The van der Waals surface area contributed by atoms with Gasteiger partial charge in [0.25, 0.3) is 5.56 Å². The molecule has 2 aromatic carbocycles. The van der Waals surface area contributed by atoms with Crippen LogP contribution < -0.4 is 5.56 Å². The van der Waals surface area contributed by atoms with Crippen molar-refractivity contribution in [2.45, 2.75) is 25.9 Å². The minimum absolute atomic E-state index is 0.0397. The zero-order valence-corrected chi connectivity index (χ0v) is 17.1. The highest BCUT2D eigenvalue weighted by Gasteiger charge is 2.29. The van der Waals surface area contributed by atoms with Gasteiger partial charge in [0.1, 0.15) is 5.82 Å². The molecule has 1 aliphatic rings. The number of fused-ring (bicyclic) bond motifs is 1. The number of carboxylic acid groups (broad SMARTS) is 1. The van der Waals surface area contributed by atoms with Gasteiger partial charge in [-0.3, -0.25) is 14.3 Å². The summed E-state index contributed by atoms with van der Waals surface area (Å²) in [7, 11) is 0. The summed E-state index contributed by atoms with van der Waals surface area (Å²) in [6.45, 7) is 4.71. The third-order valence-electron chi connectivity index (χ3n) is 5.78. The Balaban J connectivity index is 1.76. The van der Waals surface area contributed by atoms with Crippen LogP contribution in [0.3, 0.4) is 0 Å². The molecule has 1 amide bonds. The number of piperazine rings is 1. The van der Waals surface area contributed by atoms with Gasteiger partial charge in [0.05, 0.1) is 23.5 Å². The predicted molar refractivity (Wildman–Crippen MR) is 116 cm³/mol. The molecule has 4 rings (SSSR count). The maximum absolute atomic E-state index is 13.4. The normalized spacial score (nSPS) is 16.0. The molecule has 1 unspecified atom stereocenters. The van der Waals surface area contributed by atoms with Crippen LogP contribution in [-0.2, 0) is 6.54 Å². The summed E-state index contributed by atoms with van der Waals surface area (Å²) in [5.41, 5.74) is 1.70. The van der Waals surface area contributed by atoms with Gasteiger partial charge in [-0.2, -0.15) is 0 Å². The van der Waals surface area contributed by atoms with E-state index in [0.717, 1.165) is 17.8 Å². The van der Waals surface area contributed by atoms with E-state index in [2.05, 4.69) is 11.8 Å². The predicted octanol–water partition coefficient (Wildman–Crippen LogP) is 3.19. The first kappa shape index (κ1) is 20.1. The molecule has 0 saturated carbocycles. The Morgan fingerprint density at radius 3 is 2.37 bits per heavy atom. The van der Waals surface area contributed by atoms with Crippen LogP contribution in [0.4, 0.5) is 4.79 Å². The number of amides is 1. The highest BCUT2D eigenvalue weighted by Crippen LogP contribution is 2.25. The van der Waals surface area contributed by atoms with Gasteiger partial charge in [-0.15, -0.1) is 0 Å². The summed E-state index contributed by atoms with van der Waals surface area (Å²) in [5.74, 6) is 0.744. The largest absolute Gasteiger partial charge is 0.465 e. The first-order valence-electron chi connectivity index (χ1n) is 10.3. The Morgan fingerprint density at radius 2 is 1.70 bits per heavy atom. The fourth-order valence-corrected chi connectivity index (χ4v) is 4.19.